The summed E-state index contributed by atoms with van der Waals surface area (Å²) in [6.07, 6.45) is 2.01. The third kappa shape index (κ3) is 3.56. The van der Waals surface area contributed by atoms with Gasteiger partial charge in [-0.1, -0.05) is 6.07 Å². The molecule has 22 heavy (non-hydrogen) atoms. The van der Waals surface area contributed by atoms with Crippen molar-refractivity contribution in [1.29, 1.82) is 0 Å². The summed E-state index contributed by atoms with van der Waals surface area (Å²) in [7, 11) is 0. The Morgan fingerprint density at radius 1 is 1.41 bits per heavy atom. The highest BCUT2D eigenvalue weighted by Gasteiger charge is 2.25. The van der Waals surface area contributed by atoms with E-state index in [1.165, 1.54) is 11.3 Å². The van der Waals surface area contributed by atoms with Crippen molar-refractivity contribution < 1.29 is 4.79 Å². The average molecular weight is 335 g/mol. The van der Waals surface area contributed by atoms with Crippen molar-refractivity contribution in [3.63, 3.8) is 0 Å². The highest BCUT2D eigenvalue weighted by Crippen LogP contribution is 2.21. The van der Waals surface area contributed by atoms with Crippen molar-refractivity contribution in [2.75, 3.05) is 13.1 Å². The maximum Gasteiger partial charge on any atom is 0.263 e. The molecular weight excluding hydrogens is 314 g/mol. The van der Waals surface area contributed by atoms with Gasteiger partial charge in [0.1, 0.15) is 0 Å². The second kappa shape index (κ2) is 6.89. The van der Waals surface area contributed by atoms with Crippen molar-refractivity contribution in [3.05, 3.63) is 38.5 Å². The molecule has 0 unspecified atom stereocenters. The fourth-order valence-corrected chi connectivity index (χ4v) is 4.22. The number of nitrogens with one attached hydrogen (secondary N) is 1. The number of amides is 1. The van der Waals surface area contributed by atoms with Gasteiger partial charge in [0, 0.05) is 30.6 Å². The Morgan fingerprint density at radius 3 is 2.77 bits per heavy atom. The molecule has 4 nitrogen and oxygen atoms in total. The Balaban J connectivity index is 1.50. The second-order valence-corrected chi connectivity index (χ2v) is 7.73. The molecule has 1 amide bonds. The minimum atomic E-state index is 0.177. The first-order chi connectivity index (χ1) is 10.6. The van der Waals surface area contributed by atoms with E-state index in [0.29, 0.717) is 6.04 Å². The van der Waals surface area contributed by atoms with Crippen molar-refractivity contribution in [2.24, 2.45) is 0 Å². The first-order valence-corrected chi connectivity index (χ1v) is 9.40. The maximum atomic E-state index is 12.3. The van der Waals surface area contributed by atoms with Crippen LogP contribution in [0.15, 0.2) is 22.9 Å². The third-order valence-corrected chi connectivity index (χ3v) is 5.73. The number of thiophene rings is 1. The fraction of sp³-hybridized carbons (Fsp3) is 0.500. The molecule has 1 atom stereocenters. The van der Waals surface area contributed by atoms with Gasteiger partial charge in [0.2, 0.25) is 0 Å². The molecular formula is C16H21N3OS2. The topological polar surface area (TPSA) is 45.2 Å². The molecule has 1 aliphatic rings. The number of hydrogen-bond acceptors (Lipinski definition) is 5. The van der Waals surface area contributed by atoms with Gasteiger partial charge in [0.25, 0.3) is 5.91 Å². The summed E-state index contributed by atoms with van der Waals surface area (Å²) in [6.45, 7) is 5.86. The van der Waals surface area contributed by atoms with Crippen LogP contribution in [0.3, 0.4) is 0 Å². The fourth-order valence-electron chi connectivity index (χ4n) is 2.82. The summed E-state index contributed by atoms with van der Waals surface area (Å²) in [5, 5.41) is 8.85. The predicted octanol–water partition coefficient (Wildman–Crippen LogP) is 3.47. The van der Waals surface area contributed by atoms with Crippen LogP contribution in [0.1, 0.15) is 46.2 Å². The van der Waals surface area contributed by atoms with E-state index in [0.717, 1.165) is 41.5 Å². The Bertz CT molecular complexity index is 615. The molecule has 3 heterocycles. The SMILES string of the molecule is Cc1nc([C@H](C)NC2CCN(C(=O)c3cccs3)CC2)cs1. The highest BCUT2D eigenvalue weighted by atomic mass is 32.1. The molecule has 0 aromatic carbocycles. The van der Waals surface area contributed by atoms with Crippen LogP contribution in [0.4, 0.5) is 0 Å². The maximum absolute atomic E-state index is 12.3. The number of likely N-dealkylation sites (tertiary alicyclic amines) is 1. The number of carbonyl (C=O) groups is 1. The van der Waals surface area contributed by atoms with Gasteiger partial charge < -0.3 is 10.2 Å². The van der Waals surface area contributed by atoms with Gasteiger partial charge in [-0.3, -0.25) is 4.79 Å². The van der Waals surface area contributed by atoms with Crippen LogP contribution in [0, 0.1) is 6.92 Å². The van der Waals surface area contributed by atoms with E-state index in [1.54, 1.807) is 11.3 Å². The van der Waals surface area contributed by atoms with Crippen molar-refractivity contribution in [2.45, 2.75) is 38.8 Å². The highest BCUT2D eigenvalue weighted by molar-refractivity contribution is 7.12. The van der Waals surface area contributed by atoms with Crippen LogP contribution in [-0.4, -0.2) is 34.9 Å². The van der Waals surface area contributed by atoms with Crippen molar-refractivity contribution in [1.82, 2.24) is 15.2 Å². The van der Waals surface area contributed by atoms with Gasteiger partial charge in [-0.25, -0.2) is 4.98 Å². The van der Waals surface area contributed by atoms with Gasteiger partial charge in [-0.05, 0) is 38.1 Å². The molecule has 0 spiro atoms. The molecule has 1 aliphatic heterocycles. The van der Waals surface area contributed by atoms with Gasteiger partial charge in [0.15, 0.2) is 0 Å². The largest absolute Gasteiger partial charge is 0.338 e. The summed E-state index contributed by atoms with van der Waals surface area (Å²) < 4.78 is 0. The zero-order valence-corrected chi connectivity index (χ0v) is 14.5. The summed E-state index contributed by atoms with van der Waals surface area (Å²) in [4.78, 5) is 19.7. The molecule has 0 bridgehead atoms. The van der Waals surface area contributed by atoms with Crippen LogP contribution < -0.4 is 5.32 Å². The normalized spacial score (nSPS) is 17.6. The summed E-state index contributed by atoms with van der Waals surface area (Å²) in [6, 6.07) is 4.58. The lowest BCUT2D eigenvalue weighted by molar-refractivity contribution is 0.0707. The Kier molecular flexibility index (Phi) is 4.90. The molecule has 3 rings (SSSR count). The van der Waals surface area contributed by atoms with E-state index >= 15 is 0 Å². The molecule has 2 aromatic heterocycles. The lowest BCUT2D eigenvalue weighted by Crippen LogP contribution is -2.45. The smallest absolute Gasteiger partial charge is 0.263 e. The molecule has 1 N–H and O–H groups in total. The quantitative estimate of drug-likeness (QED) is 0.930. The van der Waals surface area contributed by atoms with Crippen LogP contribution >= 0.6 is 22.7 Å². The minimum absolute atomic E-state index is 0.177. The number of hydrogen-bond donors (Lipinski definition) is 1. The van der Waals surface area contributed by atoms with Crippen molar-refractivity contribution in [3.8, 4) is 0 Å². The second-order valence-electron chi connectivity index (χ2n) is 5.72. The molecule has 0 radical (unpaired) electrons. The van der Waals surface area contributed by atoms with E-state index in [4.69, 9.17) is 0 Å². The third-order valence-electron chi connectivity index (χ3n) is 4.08. The first kappa shape index (κ1) is 15.6. The standard InChI is InChI=1S/C16H21N3OS2/c1-11(14-10-22-12(2)18-14)17-13-5-7-19(8-6-13)16(20)15-4-3-9-21-15/h3-4,9-11,13,17H,5-8H2,1-2H3/t11-/m0/s1. The monoisotopic (exact) mass is 335 g/mol. The van der Waals surface area contributed by atoms with E-state index in [-0.39, 0.29) is 11.9 Å². The average Bonchev–Trinajstić information content (AvgIpc) is 3.18. The van der Waals surface area contributed by atoms with E-state index < -0.39 is 0 Å². The van der Waals surface area contributed by atoms with Crippen LogP contribution in [0.5, 0.6) is 0 Å². The van der Waals surface area contributed by atoms with Gasteiger partial charge in [0.05, 0.1) is 15.6 Å². The Hall–Kier alpha value is -1.24. The molecule has 1 fully saturated rings. The summed E-state index contributed by atoms with van der Waals surface area (Å²) >= 11 is 3.22. The number of aryl methyl sites for hydroxylation is 1. The molecule has 1 saturated heterocycles. The number of aromatic nitrogens is 1. The minimum Gasteiger partial charge on any atom is -0.338 e. The van der Waals surface area contributed by atoms with Gasteiger partial charge in [-0.2, -0.15) is 0 Å². The summed E-state index contributed by atoms with van der Waals surface area (Å²) in [5.41, 5.74) is 1.12. The Labute approximate surface area is 139 Å². The summed E-state index contributed by atoms with van der Waals surface area (Å²) in [5.74, 6) is 0.177. The van der Waals surface area contributed by atoms with Crippen molar-refractivity contribution >= 4 is 28.6 Å². The van der Waals surface area contributed by atoms with E-state index in [1.807, 2.05) is 29.3 Å². The van der Waals surface area contributed by atoms with Crippen LogP contribution in [0.2, 0.25) is 0 Å². The van der Waals surface area contributed by atoms with E-state index in [2.05, 4.69) is 22.6 Å². The molecule has 6 heteroatoms. The molecule has 0 aliphatic carbocycles. The zero-order chi connectivity index (χ0) is 15.5. The van der Waals surface area contributed by atoms with Crippen LogP contribution in [-0.2, 0) is 0 Å². The first-order valence-electron chi connectivity index (χ1n) is 7.64. The van der Waals surface area contributed by atoms with Crippen LogP contribution in [0.25, 0.3) is 0 Å². The zero-order valence-electron chi connectivity index (χ0n) is 12.9. The number of rotatable bonds is 4. The van der Waals surface area contributed by atoms with Gasteiger partial charge >= 0.3 is 0 Å². The number of nitrogens with zero attached hydrogens (tertiary/aromatic N) is 2. The lowest BCUT2D eigenvalue weighted by atomic mass is 10.0. The Morgan fingerprint density at radius 2 is 2.18 bits per heavy atom. The number of thiazole rings is 1. The molecule has 2 aromatic rings. The lowest BCUT2D eigenvalue weighted by Gasteiger charge is -2.33. The van der Waals surface area contributed by atoms with E-state index in [9.17, 15) is 4.79 Å². The predicted molar refractivity (Wildman–Crippen MR) is 91.6 cm³/mol. The molecule has 118 valence electrons. The molecule has 0 saturated carbocycles. The van der Waals surface area contributed by atoms with Gasteiger partial charge in [-0.15, -0.1) is 22.7 Å². The number of piperidine rings is 1. The number of carbonyl (C=O) groups excluding carboxylic acids is 1.